The van der Waals surface area contributed by atoms with E-state index in [1.165, 1.54) is 12.1 Å². The lowest BCUT2D eigenvalue weighted by molar-refractivity contribution is 0.507. The largest absolute Gasteiger partial charge is 0.365 e. The second kappa shape index (κ2) is 7.42. The summed E-state index contributed by atoms with van der Waals surface area (Å²) in [5.74, 6) is 0.184. The van der Waals surface area contributed by atoms with Gasteiger partial charge in [0, 0.05) is 24.3 Å². The van der Waals surface area contributed by atoms with Gasteiger partial charge in [-0.05, 0) is 37.5 Å². The monoisotopic (exact) mass is 389 g/mol. The second-order valence-corrected chi connectivity index (χ2v) is 7.73. The lowest BCUT2D eigenvalue weighted by atomic mass is 10.1. The Morgan fingerprint density at radius 1 is 1.22 bits per heavy atom. The van der Waals surface area contributed by atoms with E-state index in [1.807, 2.05) is 4.57 Å². The van der Waals surface area contributed by atoms with Crippen LogP contribution in [-0.4, -0.2) is 31.3 Å². The Morgan fingerprint density at radius 2 is 2.07 bits per heavy atom. The van der Waals surface area contributed by atoms with Crippen molar-refractivity contribution >= 4 is 28.7 Å². The van der Waals surface area contributed by atoms with Crippen LogP contribution in [0.15, 0.2) is 29.7 Å². The summed E-state index contributed by atoms with van der Waals surface area (Å²) in [4.78, 5) is 13.8. The maximum absolute atomic E-state index is 13.5. The first-order valence-electron chi connectivity index (χ1n) is 9.17. The average molecular weight is 389 g/mol. The summed E-state index contributed by atoms with van der Waals surface area (Å²) in [5.41, 5.74) is 2.36. The normalized spacial score (nSPS) is 18.8. The van der Waals surface area contributed by atoms with Gasteiger partial charge in [-0.2, -0.15) is 0 Å². The fraction of sp³-hybridized carbons (Fsp3) is 0.421. The molecule has 0 bridgehead atoms. The van der Waals surface area contributed by atoms with E-state index in [9.17, 15) is 8.78 Å². The molecular formula is C19H21F2N5S. The SMILES string of the molecule is CCCSc1nc(NC2C[C@H]2c2ccc(F)c(F)c2)c2ncn(CC)c2n1. The molecule has 3 aromatic rings. The first kappa shape index (κ1) is 18.2. The summed E-state index contributed by atoms with van der Waals surface area (Å²) in [5, 5.41) is 4.17. The number of rotatable bonds is 7. The van der Waals surface area contributed by atoms with E-state index in [0.29, 0.717) is 5.82 Å². The number of fused-ring (bicyclic) bond motifs is 1. The molecule has 4 rings (SSSR count). The van der Waals surface area contributed by atoms with E-state index in [0.717, 1.165) is 47.0 Å². The molecule has 2 atom stereocenters. The molecule has 1 aliphatic rings. The van der Waals surface area contributed by atoms with Crippen molar-refractivity contribution < 1.29 is 8.78 Å². The van der Waals surface area contributed by atoms with Gasteiger partial charge in [0.2, 0.25) is 0 Å². The van der Waals surface area contributed by atoms with Gasteiger partial charge in [0.05, 0.1) is 6.33 Å². The predicted octanol–water partition coefficient (Wildman–Crippen LogP) is 4.59. The third kappa shape index (κ3) is 3.63. The molecule has 0 saturated heterocycles. The third-order valence-electron chi connectivity index (χ3n) is 4.70. The highest BCUT2D eigenvalue weighted by Gasteiger charge is 2.39. The number of nitrogens with zero attached hydrogens (tertiary/aromatic N) is 4. The zero-order valence-electron chi connectivity index (χ0n) is 15.2. The molecule has 0 radical (unpaired) electrons. The number of halogens is 2. The number of hydrogen-bond acceptors (Lipinski definition) is 5. The molecule has 2 heterocycles. The lowest BCUT2D eigenvalue weighted by Crippen LogP contribution is -2.08. The summed E-state index contributed by atoms with van der Waals surface area (Å²) < 4.78 is 28.7. The van der Waals surface area contributed by atoms with Crippen LogP contribution in [0.25, 0.3) is 11.2 Å². The highest BCUT2D eigenvalue weighted by Crippen LogP contribution is 2.43. The molecule has 8 heteroatoms. The van der Waals surface area contributed by atoms with Crippen molar-refractivity contribution in [3.63, 3.8) is 0 Å². The molecule has 1 aliphatic carbocycles. The van der Waals surface area contributed by atoms with E-state index in [2.05, 4.69) is 34.1 Å². The van der Waals surface area contributed by atoms with Gasteiger partial charge in [-0.15, -0.1) is 0 Å². The van der Waals surface area contributed by atoms with E-state index in [1.54, 1.807) is 24.2 Å². The predicted molar refractivity (Wildman–Crippen MR) is 103 cm³/mol. The van der Waals surface area contributed by atoms with Crippen molar-refractivity contribution in [2.75, 3.05) is 11.1 Å². The number of aromatic nitrogens is 4. The Hall–Kier alpha value is -2.22. The molecule has 1 aromatic carbocycles. The van der Waals surface area contributed by atoms with Crippen molar-refractivity contribution in [3.8, 4) is 0 Å². The number of thioether (sulfide) groups is 1. The van der Waals surface area contributed by atoms with Crippen molar-refractivity contribution in [2.24, 2.45) is 0 Å². The minimum absolute atomic E-state index is 0.128. The van der Waals surface area contributed by atoms with Crippen molar-refractivity contribution in [2.45, 2.75) is 50.4 Å². The fourth-order valence-corrected chi connectivity index (χ4v) is 3.85. The lowest BCUT2D eigenvalue weighted by Gasteiger charge is -2.09. The molecule has 0 aliphatic heterocycles. The molecule has 0 amide bonds. The fourth-order valence-electron chi connectivity index (χ4n) is 3.16. The van der Waals surface area contributed by atoms with Crippen LogP contribution in [0, 0.1) is 11.6 Å². The Morgan fingerprint density at radius 3 is 2.81 bits per heavy atom. The topological polar surface area (TPSA) is 55.6 Å². The Bertz CT molecular complexity index is 974. The number of hydrogen-bond donors (Lipinski definition) is 1. The number of nitrogens with one attached hydrogen (secondary N) is 1. The van der Waals surface area contributed by atoms with Crippen LogP contribution in [0.1, 0.15) is 38.2 Å². The van der Waals surface area contributed by atoms with E-state index >= 15 is 0 Å². The molecule has 142 valence electrons. The Kier molecular flexibility index (Phi) is 4.99. The van der Waals surface area contributed by atoms with Gasteiger partial charge >= 0.3 is 0 Å². The van der Waals surface area contributed by atoms with E-state index in [-0.39, 0.29) is 12.0 Å². The first-order valence-corrected chi connectivity index (χ1v) is 10.2. The summed E-state index contributed by atoms with van der Waals surface area (Å²) >= 11 is 1.63. The van der Waals surface area contributed by atoms with Crippen LogP contribution in [0.4, 0.5) is 14.6 Å². The van der Waals surface area contributed by atoms with Crippen LogP contribution in [0.2, 0.25) is 0 Å². The van der Waals surface area contributed by atoms with Gasteiger partial charge in [0.1, 0.15) is 0 Å². The molecule has 5 nitrogen and oxygen atoms in total. The zero-order chi connectivity index (χ0) is 19.0. The van der Waals surface area contributed by atoms with Gasteiger partial charge in [-0.1, -0.05) is 24.8 Å². The van der Waals surface area contributed by atoms with Gasteiger partial charge < -0.3 is 9.88 Å². The van der Waals surface area contributed by atoms with Crippen LogP contribution < -0.4 is 5.32 Å². The van der Waals surface area contributed by atoms with Crippen molar-refractivity contribution in [1.29, 1.82) is 0 Å². The molecule has 2 aromatic heterocycles. The average Bonchev–Trinajstić information content (AvgIpc) is 3.30. The standard InChI is InChI=1S/C19H21F2N5S/c1-3-7-27-19-24-17(16-18(25-19)26(4-2)10-22-16)23-15-9-12(15)11-5-6-13(20)14(21)8-11/h5-6,8,10,12,15H,3-4,7,9H2,1-2H3,(H,23,24,25)/t12-,15?/m0/s1. The number of anilines is 1. The molecule has 1 fully saturated rings. The highest BCUT2D eigenvalue weighted by molar-refractivity contribution is 7.99. The number of imidazole rings is 1. The number of aryl methyl sites for hydroxylation is 1. The maximum Gasteiger partial charge on any atom is 0.191 e. The zero-order valence-corrected chi connectivity index (χ0v) is 16.1. The second-order valence-electron chi connectivity index (χ2n) is 6.67. The van der Waals surface area contributed by atoms with Crippen molar-refractivity contribution in [1.82, 2.24) is 19.5 Å². The maximum atomic E-state index is 13.5. The molecule has 0 spiro atoms. The van der Waals surface area contributed by atoms with Crippen LogP contribution in [0.3, 0.4) is 0 Å². The summed E-state index contributed by atoms with van der Waals surface area (Å²) in [6.07, 6.45) is 3.67. The summed E-state index contributed by atoms with van der Waals surface area (Å²) in [6, 6.07) is 4.25. The third-order valence-corrected chi connectivity index (χ3v) is 5.76. The van der Waals surface area contributed by atoms with Gasteiger partial charge in [0.25, 0.3) is 0 Å². The molecule has 27 heavy (non-hydrogen) atoms. The van der Waals surface area contributed by atoms with Gasteiger partial charge in [-0.25, -0.2) is 23.7 Å². The minimum atomic E-state index is -0.816. The van der Waals surface area contributed by atoms with Crippen LogP contribution in [-0.2, 0) is 6.54 Å². The van der Waals surface area contributed by atoms with E-state index < -0.39 is 11.6 Å². The van der Waals surface area contributed by atoms with Crippen LogP contribution >= 0.6 is 11.8 Å². The molecule has 1 saturated carbocycles. The molecule has 1 N–H and O–H groups in total. The minimum Gasteiger partial charge on any atom is -0.365 e. The molecular weight excluding hydrogens is 368 g/mol. The Labute approximate surface area is 160 Å². The van der Waals surface area contributed by atoms with Gasteiger partial charge in [0.15, 0.2) is 33.8 Å². The highest BCUT2D eigenvalue weighted by atomic mass is 32.2. The van der Waals surface area contributed by atoms with Gasteiger partial charge in [-0.3, -0.25) is 0 Å². The smallest absolute Gasteiger partial charge is 0.191 e. The Balaban J connectivity index is 1.59. The quantitative estimate of drug-likeness (QED) is 0.473. The van der Waals surface area contributed by atoms with Crippen LogP contribution in [0.5, 0.6) is 0 Å². The number of benzene rings is 1. The first-order chi connectivity index (χ1) is 13.1. The molecule has 1 unspecified atom stereocenters. The summed E-state index contributed by atoms with van der Waals surface area (Å²) in [6.45, 7) is 4.96. The summed E-state index contributed by atoms with van der Waals surface area (Å²) in [7, 11) is 0. The van der Waals surface area contributed by atoms with E-state index in [4.69, 9.17) is 0 Å². The van der Waals surface area contributed by atoms with Crippen molar-refractivity contribution in [3.05, 3.63) is 41.7 Å².